The molecule has 5 nitrogen and oxygen atoms in total. The molecule has 3 aromatic carbocycles. The first-order chi connectivity index (χ1) is 15.5. The van der Waals surface area contributed by atoms with E-state index in [-0.39, 0.29) is 5.69 Å². The highest BCUT2D eigenvalue weighted by Gasteiger charge is 2.17. The minimum absolute atomic E-state index is 0.0556. The molecular weight excluding hydrogens is 396 g/mol. The number of nitrogens with one attached hydrogen (secondary N) is 1. The Morgan fingerprint density at radius 2 is 1.62 bits per heavy atom. The number of aromatic amines is 1. The molecule has 0 aliphatic rings. The molecule has 2 aromatic heterocycles. The zero-order valence-electron chi connectivity index (χ0n) is 19.2. The molecule has 0 atom stereocenters. The summed E-state index contributed by atoms with van der Waals surface area (Å²) in [4.78, 5) is 20.9. The number of aromatic nitrogens is 4. The van der Waals surface area contributed by atoms with E-state index >= 15 is 0 Å². The van der Waals surface area contributed by atoms with Crippen molar-refractivity contribution in [1.82, 2.24) is 19.1 Å². The summed E-state index contributed by atoms with van der Waals surface area (Å²) in [5.74, 6) is 0. The number of nitrogens with zero attached hydrogens (tertiary/aromatic N) is 3. The Hall–Kier alpha value is -3.86. The van der Waals surface area contributed by atoms with E-state index in [1.54, 1.807) is 15.5 Å². The first-order valence-electron chi connectivity index (χ1n) is 10.9. The molecule has 0 aliphatic carbocycles. The molecule has 2 heterocycles. The lowest BCUT2D eigenvalue weighted by Crippen LogP contribution is -2.21. The molecule has 0 unspecified atom stereocenters. The average Bonchev–Trinajstić information content (AvgIpc) is 3.39. The lowest BCUT2D eigenvalue weighted by atomic mass is 10.0. The van der Waals surface area contributed by atoms with Crippen LogP contribution in [0.1, 0.15) is 25.0 Å². The van der Waals surface area contributed by atoms with Gasteiger partial charge in [0.25, 0.3) is 0 Å². The first-order valence-corrected chi connectivity index (χ1v) is 10.9. The standard InChI is InChI=1S/C25H22N4O.C2H6/c1-16-7-6-9-18(13-16)23-24(27-15-26-23)19-11-12-21-22(14-19)28(3)25(30)29(21)20-10-5-4-8-17(20)2;1-2/h4-15H,1-3H3,(H,26,27);1-2H3. The van der Waals surface area contributed by atoms with Crippen molar-refractivity contribution in [3.63, 3.8) is 0 Å². The minimum Gasteiger partial charge on any atom is -0.344 e. The SMILES string of the molecule is CC.Cc1cccc(-c2nc[nH]c2-c2ccc3c(c2)n(C)c(=O)n3-c2ccccc2C)c1. The summed E-state index contributed by atoms with van der Waals surface area (Å²) in [5, 5.41) is 0. The molecule has 1 N–H and O–H groups in total. The van der Waals surface area contributed by atoms with Crippen LogP contribution in [0.15, 0.2) is 77.9 Å². The molecule has 0 bridgehead atoms. The summed E-state index contributed by atoms with van der Waals surface area (Å²) in [6, 6.07) is 22.4. The topological polar surface area (TPSA) is 55.6 Å². The fraction of sp³-hybridized carbons (Fsp3) is 0.185. The van der Waals surface area contributed by atoms with Crippen LogP contribution in [0.25, 0.3) is 39.2 Å². The van der Waals surface area contributed by atoms with Gasteiger partial charge in [-0.2, -0.15) is 0 Å². The highest BCUT2D eigenvalue weighted by Crippen LogP contribution is 2.31. The Kier molecular flexibility index (Phi) is 5.82. The van der Waals surface area contributed by atoms with Crippen molar-refractivity contribution in [2.24, 2.45) is 7.05 Å². The Labute approximate surface area is 188 Å². The highest BCUT2D eigenvalue weighted by molar-refractivity contribution is 5.87. The second kappa shape index (κ2) is 8.71. The smallest absolute Gasteiger partial charge is 0.333 e. The van der Waals surface area contributed by atoms with E-state index < -0.39 is 0 Å². The normalized spacial score (nSPS) is 10.8. The zero-order valence-corrected chi connectivity index (χ0v) is 19.2. The van der Waals surface area contributed by atoms with Gasteiger partial charge in [-0.05, 0) is 43.7 Å². The Morgan fingerprint density at radius 1 is 0.844 bits per heavy atom. The quantitative estimate of drug-likeness (QED) is 0.384. The van der Waals surface area contributed by atoms with E-state index in [0.717, 1.165) is 44.8 Å². The number of aryl methyl sites for hydroxylation is 3. The van der Waals surface area contributed by atoms with Crippen LogP contribution in [0, 0.1) is 13.8 Å². The van der Waals surface area contributed by atoms with E-state index in [0.29, 0.717) is 0 Å². The van der Waals surface area contributed by atoms with Crippen molar-refractivity contribution in [2.45, 2.75) is 27.7 Å². The fourth-order valence-electron chi connectivity index (χ4n) is 4.07. The van der Waals surface area contributed by atoms with E-state index in [1.807, 2.05) is 70.3 Å². The van der Waals surface area contributed by atoms with Crippen LogP contribution in [0.3, 0.4) is 0 Å². The van der Waals surface area contributed by atoms with Crippen molar-refractivity contribution in [3.05, 3.63) is 94.7 Å². The molecule has 0 radical (unpaired) electrons. The molecule has 5 aromatic rings. The number of imidazole rings is 2. The molecule has 5 heteroatoms. The van der Waals surface area contributed by atoms with Gasteiger partial charge in [-0.1, -0.05) is 61.9 Å². The van der Waals surface area contributed by atoms with E-state index in [2.05, 4.69) is 41.2 Å². The van der Waals surface area contributed by atoms with Crippen LogP contribution >= 0.6 is 0 Å². The molecule has 0 aliphatic heterocycles. The van der Waals surface area contributed by atoms with Gasteiger partial charge in [-0.25, -0.2) is 9.78 Å². The maximum Gasteiger partial charge on any atom is 0.333 e. The largest absolute Gasteiger partial charge is 0.344 e. The van der Waals surface area contributed by atoms with Crippen molar-refractivity contribution in [1.29, 1.82) is 0 Å². The number of H-pyrrole nitrogens is 1. The van der Waals surface area contributed by atoms with Crippen molar-refractivity contribution < 1.29 is 0 Å². The third kappa shape index (κ3) is 3.56. The van der Waals surface area contributed by atoms with Crippen LogP contribution in [-0.2, 0) is 7.05 Å². The van der Waals surface area contributed by atoms with Crippen molar-refractivity contribution in [3.8, 4) is 28.2 Å². The van der Waals surface area contributed by atoms with E-state index in [9.17, 15) is 4.79 Å². The van der Waals surface area contributed by atoms with Crippen LogP contribution < -0.4 is 5.69 Å². The fourth-order valence-corrected chi connectivity index (χ4v) is 4.07. The van der Waals surface area contributed by atoms with Gasteiger partial charge in [0.1, 0.15) is 0 Å². The summed E-state index contributed by atoms with van der Waals surface area (Å²) in [6.45, 7) is 8.10. The summed E-state index contributed by atoms with van der Waals surface area (Å²) in [5.41, 5.74) is 8.78. The van der Waals surface area contributed by atoms with Crippen molar-refractivity contribution >= 4 is 11.0 Å². The van der Waals surface area contributed by atoms with E-state index in [1.165, 1.54) is 5.56 Å². The Morgan fingerprint density at radius 3 is 2.38 bits per heavy atom. The minimum atomic E-state index is -0.0556. The second-order valence-corrected chi connectivity index (χ2v) is 7.66. The molecule has 0 saturated carbocycles. The average molecular weight is 425 g/mol. The van der Waals surface area contributed by atoms with Gasteiger partial charge in [0, 0.05) is 18.2 Å². The Bertz CT molecular complexity index is 1450. The first kappa shape index (κ1) is 21.4. The molecule has 0 fully saturated rings. The maximum atomic E-state index is 13.1. The molecular formula is C27H28N4O. The number of para-hydroxylation sites is 1. The third-order valence-electron chi connectivity index (χ3n) is 5.63. The number of hydrogen-bond acceptors (Lipinski definition) is 2. The number of hydrogen-bond donors (Lipinski definition) is 1. The van der Waals surface area contributed by atoms with Gasteiger partial charge >= 0.3 is 5.69 Å². The number of benzene rings is 3. The molecule has 0 spiro atoms. The summed E-state index contributed by atoms with van der Waals surface area (Å²) < 4.78 is 3.48. The second-order valence-electron chi connectivity index (χ2n) is 7.66. The van der Waals surface area contributed by atoms with Gasteiger partial charge in [0.2, 0.25) is 0 Å². The van der Waals surface area contributed by atoms with Gasteiger partial charge in [0.15, 0.2) is 0 Å². The van der Waals surface area contributed by atoms with Gasteiger partial charge in [-0.15, -0.1) is 0 Å². The van der Waals surface area contributed by atoms with Gasteiger partial charge in [0.05, 0.1) is 34.4 Å². The van der Waals surface area contributed by atoms with Crippen LogP contribution in [-0.4, -0.2) is 19.1 Å². The van der Waals surface area contributed by atoms with Crippen LogP contribution in [0.2, 0.25) is 0 Å². The van der Waals surface area contributed by atoms with Crippen molar-refractivity contribution in [2.75, 3.05) is 0 Å². The van der Waals surface area contributed by atoms with E-state index in [4.69, 9.17) is 0 Å². The predicted octanol–water partition coefficient (Wildman–Crippen LogP) is 6.03. The number of fused-ring (bicyclic) bond motifs is 1. The lowest BCUT2D eigenvalue weighted by Gasteiger charge is -2.08. The highest BCUT2D eigenvalue weighted by atomic mass is 16.1. The van der Waals surface area contributed by atoms with Crippen LogP contribution in [0.5, 0.6) is 0 Å². The Balaban J connectivity index is 0.00000119. The zero-order chi connectivity index (χ0) is 22.8. The summed E-state index contributed by atoms with van der Waals surface area (Å²) in [7, 11) is 1.82. The molecule has 32 heavy (non-hydrogen) atoms. The lowest BCUT2D eigenvalue weighted by molar-refractivity contribution is 0.844. The molecule has 5 rings (SSSR count). The maximum absolute atomic E-state index is 13.1. The van der Waals surface area contributed by atoms with Crippen LogP contribution in [0.4, 0.5) is 0 Å². The summed E-state index contributed by atoms with van der Waals surface area (Å²) >= 11 is 0. The molecule has 0 amide bonds. The van der Waals surface area contributed by atoms with Gasteiger partial charge in [-0.3, -0.25) is 9.13 Å². The summed E-state index contributed by atoms with van der Waals surface area (Å²) in [6.07, 6.45) is 1.72. The molecule has 162 valence electrons. The monoisotopic (exact) mass is 424 g/mol. The van der Waals surface area contributed by atoms with Gasteiger partial charge < -0.3 is 4.98 Å². The predicted molar refractivity (Wildman–Crippen MR) is 132 cm³/mol. The third-order valence-corrected chi connectivity index (χ3v) is 5.63. The molecule has 0 saturated heterocycles. The number of rotatable bonds is 3.